The number of hydrogen-bond donors (Lipinski definition) is 1. The Hall–Kier alpha value is -1.75. The molecule has 2 bridgehead atoms. The highest BCUT2D eigenvalue weighted by Crippen LogP contribution is 2.37. The van der Waals surface area contributed by atoms with E-state index >= 15 is 0 Å². The Bertz CT molecular complexity index is 553. The lowest BCUT2D eigenvalue weighted by Crippen LogP contribution is -2.70. The van der Waals surface area contributed by atoms with Crippen molar-refractivity contribution in [2.75, 3.05) is 24.5 Å². The molecule has 3 aliphatic heterocycles. The van der Waals surface area contributed by atoms with Crippen molar-refractivity contribution in [3.05, 3.63) is 29.8 Å². The lowest BCUT2D eigenvalue weighted by molar-refractivity contribution is 0.00857. The number of rotatable bonds is 3. The van der Waals surface area contributed by atoms with Crippen LogP contribution in [0.15, 0.2) is 24.3 Å². The molecule has 3 aliphatic rings. The average Bonchev–Trinajstić information content (AvgIpc) is 2.48. The number of carbonyl (C=O) groups is 1. The minimum Gasteiger partial charge on any atom is -0.444 e. The quantitative estimate of drug-likeness (QED) is 0.930. The van der Waals surface area contributed by atoms with E-state index in [0.717, 1.165) is 25.9 Å². The summed E-state index contributed by atoms with van der Waals surface area (Å²) in [6, 6.07) is 9.47. The maximum Gasteiger partial charge on any atom is 0.410 e. The maximum absolute atomic E-state index is 12.2. The number of fused-ring (bicyclic) bond motifs is 2. The van der Waals surface area contributed by atoms with Crippen molar-refractivity contribution in [1.29, 1.82) is 0 Å². The van der Waals surface area contributed by atoms with Crippen LogP contribution in [-0.4, -0.2) is 48.3 Å². The topological polar surface area (TPSA) is 58.8 Å². The first-order chi connectivity index (χ1) is 10.9. The normalized spacial score (nSPS) is 23.5. The van der Waals surface area contributed by atoms with Crippen molar-refractivity contribution in [1.82, 2.24) is 4.90 Å². The zero-order valence-corrected chi connectivity index (χ0v) is 14.3. The Morgan fingerprint density at radius 1 is 1.22 bits per heavy atom. The Labute approximate surface area is 138 Å². The molecule has 0 saturated carbocycles. The van der Waals surface area contributed by atoms with Gasteiger partial charge in [-0.05, 0) is 57.9 Å². The molecule has 1 aromatic rings. The molecular formula is C18H27N3O2. The van der Waals surface area contributed by atoms with Crippen molar-refractivity contribution in [2.24, 2.45) is 5.73 Å². The number of anilines is 1. The van der Waals surface area contributed by atoms with Crippen LogP contribution in [0.5, 0.6) is 0 Å². The van der Waals surface area contributed by atoms with E-state index in [1.54, 1.807) is 0 Å². The molecule has 1 amide bonds. The number of nitrogens with zero attached hydrogens (tertiary/aromatic N) is 2. The molecule has 2 atom stereocenters. The first kappa shape index (κ1) is 16.1. The highest BCUT2D eigenvalue weighted by Gasteiger charge is 2.46. The summed E-state index contributed by atoms with van der Waals surface area (Å²) >= 11 is 0. The SMILES string of the molecule is CC(C)(C)OC(=O)N1CC2CC(C1)N2c1ccc(CCN)cc1. The van der Waals surface area contributed by atoms with Crippen LogP contribution in [0.25, 0.3) is 0 Å². The van der Waals surface area contributed by atoms with Crippen LogP contribution in [0, 0.1) is 0 Å². The smallest absolute Gasteiger partial charge is 0.410 e. The largest absolute Gasteiger partial charge is 0.444 e. The number of amides is 1. The van der Waals surface area contributed by atoms with E-state index in [1.807, 2.05) is 25.7 Å². The summed E-state index contributed by atoms with van der Waals surface area (Å²) in [6.07, 6.45) is 1.88. The number of ether oxygens (including phenoxy) is 1. The Morgan fingerprint density at radius 3 is 2.35 bits per heavy atom. The molecule has 2 N–H and O–H groups in total. The number of hydrogen-bond acceptors (Lipinski definition) is 4. The van der Waals surface area contributed by atoms with Gasteiger partial charge in [0.05, 0.1) is 0 Å². The van der Waals surface area contributed by atoms with Crippen LogP contribution in [0.3, 0.4) is 0 Å². The van der Waals surface area contributed by atoms with Gasteiger partial charge in [-0.15, -0.1) is 0 Å². The standard InChI is InChI=1S/C18H27N3O2/c1-18(2,3)23-17(22)20-11-15-10-16(12-20)21(15)14-6-4-13(5-7-14)8-9-19/h4-7,15-16H,8-12,19H2,1-3H3. The molecule has 0 aromatic heterocycles. The van der Waals surface area contributed by atoms with E-state index in [2.05, 4.69) is 29.2 Å². The van der Waals surface area contributed by atoms with E-state index in [1.165, 1.54) is 11.3 Å². The summed E-state index contributed by atoms with van der Waals surface area (Å²) in [5.41, 5.74) is 7.69. The third-order valence-electron chi connectivity index (χ3n) is 4.51. The van der Waals surface area contributed by atoms with E-state index in [9.17, 15) is 4.79 Å². The van der Waals surface area contributed by atoms with Gasteiger partial charge in [0.1, 0.15) is 5.60 Å². The summed E-state index contributed by atoms with van der Waals surface area (Å²) in [6.45, 7) is 7.89. The Morgan fingerprint density at radius 2 is 1.83 bits per heavy atom. The van der Waals surface area contributed by atoms with Crippen LogP contribution in [0.2, 0.25) is 0 Å². The fourth-order valence-electron chi connectivity index (χ4n) is 3.51. The zero-order chi connectivity index (χ0) is 16.6. The third-order valence-corrected chi connectivity index (χ3v) is 4.51. The van der Waals surface area contributed by atoms with Crippen LogP contribution in [0.1, 0.15) is 32.8 Å². The van der Waals surface area contributed by atoms with E-state index in [-0.39, 0.29) is 6.09 Å². The Kier molecular flexibility index (Phi) is 4.23. The molecule has 0 radical (unpaired) electrons. The zero-order valence-electron chi connectivity index (χ0n) is 14.3. The fraction of sp³-hybridized carbons (Fsp3) is 0.611. The fourth-order valence-corrected chi connectivity index (χ4v) is 3.51. The molecule has 1 aromatic carbocycles. The molecule has 2 unspecified atom stereocenters. The van der Waals surface area contributed by atoms with Gasteiger partial charge in [0.15, 0.2) is 0 Å². The second-order valence-corrected chi connectivity index (χ2v) is 7.54. The van der Waals surface area contributed by atoms with Gasteiger partial charge in [0.2, 0.25) is 0 Å². The molecular weight excluding hydrogens is 290 g/mol. The second kappa shape index (κ2) is 6.04. The van der Waals surface area contributed by atoms with Gasteiger partial charge in [0, 0.05) is 30.9 Å². The summed E-state index contributed by atoms with van der Waals surface area (Å²) in [5, 5.41) is 0. The molecule has 126 valence electrons. The number of piperidine rings is 1. The highest BCUT2D eigenvalue weighted by molar-refractivity contribution is 5.69. The second-order valence-electron chi connectivity index (χ2n) is 7.54. The summed E-state index contributed by atoms with van der Waals surface area (Å²) < 4.78 is 5.49. The maximum atomic E-state index is 12.2. The van der Waals surface area contributed by atoms with Gasteiger partial charge in [-0.1, -0.05) is 12.1 Å². The minimum atomic E-state index is -0.433. The third kappa shape index (κ3) is 3.44. The molecule has 0 spiro atoms. The molecule has 3 fully saturated rings. The average molecular weight is 317 g/mol. The molecule has 4 rings (SSSR count). The van der Waals surface area contributed by atoms with Gasteiger partial charge in [0.25, 0.3) is 0 Å². The summed E-state index contributed by atoms with van der Waals surface area (Å²) in [5.74, 6) is 0. The number of nitrogens with two attached hydrogens (primary N) is 1. The van der Waals surface area contributed by atoms with E-state index < -0.39 is 5.60 Å². The van der Waals surface area contributed by atoms with Gasteiger partial charge >= 0.3 is 6.09 Å². The van der Waals surface area contributed by atoms with Gasteiger partial charge in [-0.2, -0.15) is 0 Å². The molecule has 23 heavy (non-hydrogen) atoms. The van der Waals surface area contributed by atoms with Gasteiger partial charge < -0.3 is 20.3 Å². The minimum absolute atomic E-state index is 0.190. The molecule has 0 aliphatic carbocycles. The number of carbonyl (C=O) groups excluding carboxylic acids is 1. The number of benzene rings is 1. The van der Waals surface area contributed by atoms with Crippen LogP contribution >= 0.6 is 0 Å². The molecule has 5 heteroatoms. The monoisotopic (exact) mass is 317 g/mol. The summed E-state index contributed by atoms with van der Waals surface area (Å²) in [7, 11) is 0. The van der Waals surface area contributed by atoms with Crippen molar-refractivity contribution in [3.8, 4) is 0 Å². The Balaban J connectivity index is 1.61. The van der Waals surface area contributed by atoms with Crippen LogP contribution in [-0.2, 0) is 11.2 Å². The van der Waals surface area contributed by atoms with Crippen molar-refractivity contribution in [3.63, 3.8) is 0 Å². The number of piperazine rings is 1. The highest BCUT2D eigenvalue weighted by atomic mass is 16.6. The molecule has 3 heterocycles. The van der Waals surface area contributed by atoms with E-state index in [0.29, 0.717) is 18.6 Å². The van der Waals surface area contributed by atoms with Crippen molar-refractivity contribution < 1.29 is 9.53 Å². The van der Waals surface area contributed by atoms with Crippen LogP contribution < -0.4 is 10.6 Å². The van der Waals surface area contributed by atoms with Crippen molar-refractivity contribution in [2.45, 2.75) is 51.3 Å². The van der Waals surface area contributed by atoms with Gasteiger partial charge in [-0.3, -0.25) is 0 Å². The molecule has 5 nitrogen and oxygen atoms in total. The molecule has 3 saturated heterocycles. The van der Waals surface area contributed by atoms with Gasteiger partial charge in [-0.25, -0.2) is 4.79 Å². The lowest BCUT2D eigenvalue weighted by atomic mass is 9.86. The predicted molar refractivity (Wildman–Crippen MR) is 91.7 cm³/mol. The van der Waals surface area contributed by atoms with E-state index in [4.69, 9.17) is 10.5 Å². The van der Waals surface area contributed by atoms with Crippen molar-refractivity contribution >= 4 is 11.8 Å². The lowest BCUT2D eigenvalue weighted by Gasteiger charge is -2.57. The first-order valence-electron chi connectivity index (χ1n) is 8.42. The first-order valence-corrected chi connectivity index (χ1v) is 8.42. The summed E-state index contributed by atoms with van der Waals surface area (Å²) in [4.78, 5) is 16.5. The van der Waals surface area contributed by atoms with Crippen LogP contribution in [0.4, 0.5) is 10.5 Å². The predicted octanol–water partition coefficient (Wildman–Crippen LogP) is 2.39.